The molecule has 4 rings (SSSR count). The van der Waals surface area contributed by atoms with Crippen LogP contribution >= 0.6 is 0 Å². The smallest absolute Gasteiger partial charge is 0.411 e. The quantitative estimate of drug-likeness (QED) is 0.826. The largest absolute Gasteiger partial charge is 0.444 e. The van der Waals surface area contributed by atoms with Crippen molar-refractivity contribution >= 4 is 11.8 Å². The Morgan fingerprint density at radius 3 is 2.85 bits per heavy atom. The Kier molecular flexibility index (Phi) is 4.39. The Balaban J connectivity index is 1.56. The van der Waals surface area contributed by atoms with Crippen LogP contribution in [-0.2, 0) is 4.74 Å². The molecule has 3 unspecified atom stereocenters. The van der Waals surface area contributed by atoms with Crippen LogP contribution in [0.25, 0.3) is 0 Å². The lowest BCUT2D eigenvalue weighted by Gasteiger charge is -2.35. The van der Waals surface area contributed by atoms with Crippen LogP contribution in [0.1, 0.15) is 45.2 Å². The number of pyridine rings is 1. The van der Waals surface area contributed by atoms with Crippen molar-refractivity contribution in [1.82, 2.24) is 15.2 Å². The summed E-state index contributed by atoms with van der Waals surface area (Å²) < 4.78 is 5.61. The van der Waals surface area contributed by atoms with Crippen LogP contribution in [0, 0.1) is 0 Å². The van der Waals surface area contributed by atoms with E-state index < -0.39 is 5.60 Å². The van der Waals surface area contributed by atoms with Gasteiger partial charge < -0.3 is 15.0 Å². The maximum Gasteiger partial charge on any atom is 0.411 e. The summed E-state index contributed by atoms with van der Waals surface area (Å²) in [7, 11) is 0. The molecule has 3 atom stereocenters. The summed E-state index contributed by atoms with van der Waals surface area (Å²) in [6, 6.07) is 3.33. The van der Waals surface area contributed by atoms with Crippen molar-refractivity contribution in [2.45, 2.75) is 57.3 Å². The Morgan fingerprint density at radius 2 is 2.15 bits per heavy atom. The number of hydrogen-bond donors (Lipinski definition) is 1. The second-order valence-corrected chi connectivity index (χ2v) is 8.48. The molecular formula is C20H28N4O2. The third-order valence-electron chi connectivity index (χ3n) is 5.35. The van der Waals surface area contributed by atoms with Crippen molar-refractivity contribution < 1.29 is 9.53 Å². The van der Waals surface area contributed by atoms with Gasteiger partial charge in [-0.25, -0.2) is 4.79 Å². The molecule has 1 N–H and O–H groups in total. The first kappa shape index (κ1) is 17.3. The summed E-state index contributed by atoms with van der Waals surface area (Å²) in [5, 5.41) is 3.54. The van der Waals surface area contributed by atoms with Gasteiger partial charge in [0.15, 0.2) is 0 Å². The summed E-state index contributed by atoms with van der Waals surface area (Å²) in [6.45, 7) is 8.36. The molecule has 4 heterocycles. The lowest BCUT2D eigenvalue weighted by molar-refractivity contribution is 0.0176. The number of ether oxygens (including phenoxy) is 1. The van der Waals surface area contributed by atoms with Crippen molar-refractivity contribution in [3.8, 4) is 0 Å². The molecule has 2 bridgehead atoms. The maximum atomic E-state index is 12.7. The molecule has 3 aliphatic rings. The van der Waals surface area contributed by atoms with Crippen LogP contribution in [-0.4, -0.2) is 53.3 Å². The van der Waals surface area contributed by atoms with Gasteiger partial charge in [0.2, 0.25) is 0 Å². The number of amides is 1. The van der Waals surface area contributed by atoms with E-state index in [1.165, 1.54) is 6.42 Å². The van der Waals surface area contributed by atoms with E-state index in [0.717, 1.165) is 30.8 Å². The van der Waals surface area contributed by atoms with Crippen LogP contribution in [0.15, 0.2) is 30.6 Å². The highest BCUT2D eigenvalue weighted by Gasteiger charge is 2.38. The van der Waals surface area contributed by atoms with Gasteiger partial charge in [-0.3, -0.25) is 9.88 Å². The first-order valence-electron chi connectivity index (χ1n) is 9.50. The van der Waals surface area contributed by atoms with Gasteiger partial charge in [0.25, 0.3) is 0 Å². The molecule has 0 aliphatic carbocycles. The highest BCUT2D eigenvalue weighted by atomic mass is 16.6. The van der Waals surface area contributed by atoms with Gasteiger partial charge in [0.05, 0.1) is 17.9 Å². The summed E-state index contributed by atoms with van der Waals surface area (Å²) >= 11 is 0. The molecule has 6 nitrogen and oxygen atoms in total. The molecule has 6 heteroatoms. The number of piperazine rings is 1. The number of anilines is 1. The summed E-state index contributed by atoms with van der Waals surface area (Å²) in [4.78, 5) is 21.4. The second kappa shape index (κ2) is 6.58. The summed E-state index contributed by atoms with van der Waals surface area (Å²) in [6.07, 6.45) is 9.74. The standard InChI is InChI=1S/C20H28N4O2/c1-20(2,3)26-19(25)23-7-5-4-6-18(23)14-8-16(11-21-10-14)24-13-15-9-17(24)12-22-15/h4-5,8,10-11,15,17-18,22H,6-7,9,12-13H2,1-3H3. The average Bonchev–Trinajstić information content (AvgIpc) is 3.24. The minimum absolute atomic E-state index is 0.0276. The maximum absolute atomic E-state index is 12.7. The summed E-state index contributed by atoms with van der Waals surface area (Å²) in [5.41, 5.74) is 1.74. The zero-order valence-electron chi connectivity index (χ0n) is 15.8. The van der Waals surface area contributed by atoms with E-state index in [1.807, 2.05) is 44.1 Å². The van der Waals surface area contributed by atoms with E-state index in [0.29, 0.717) is 18.6 Å². The number of rotatable bonds is 2. The van der Waals surface area contributed by atoms with Crippen molar-refractivity contribution in [3.05, 3.63) is 36.2 Å². The van der Waals surface area contributed by atoms with Crippen LogP contribution in [0.5, 0.6) is 0 Å². The average molecular weight is 356 g/mol. The van der Waals surface area contributed by atoms with Gasteiger partial charge in [-0.2, -0.15) is 0 Å². The number of hydrogen-bond acceptors (Lipinski definition) is 5. The minimum atomic E-state index is -0.495. The van der Waals surface area contributed by atoms with E-state index >= 15 is 0 Å². The fourth-order valence-electron chi connectivity index (χ4n) is 4.17. The molecule has 0 spiro atoms. The number of carbonyl (C=O) groups excluding carboxylic acids is 1. The molecule has 2 saturated heterocycles. The first-order valence-corrected chi connectivity index (χ1v) is 9.50. The topological polar surface area (TPSA) is 57.7 Å². The van der Waals surface area contributed by atoms with Gasteiger partial charge >= 0.3 is 6.09 Å². The van der Waals surface area contributed by atoms with E-state index in [-0.39, 0.29) is 12.1 Å². The van der Waals surface area contributed by atoms with Crippen molar-refractivity contribution in [1.29, 1.82) is 0 Å². The number of aromatic nitrogens is 1. The zero-order chi connectivity index (χ0) is 18.3. The number of fused-ring (bicyclic) bond motifs is 2. The van der Waals surface area contributed by atoms with Crippen molar-refractivity contribution in [3.63, 3.8) is 0 Å². The Hall–Kier alpha value is -2.08. The van der Waals surface area contributed by atoms with Gasteiger partial charge in [-0.15, -0.1) is 0 Å². The monoisotopic (exact) mass is 356 g/mol. The molecule has 1 aromatic rings. The Morgan fingerprint density at radius 1 is 1.31 bits per heavy atom. The van der Waals surface area contributed by atoms with E-state index in [1.54, 1.807) is 0 Å². The van der Waals surface area contributed by atoms with Gasteiger partial charge in [-0.1, -0.05) is 12.2 Å². The lowest BCUT2D eigenvalue weighted by Crippen LogP contribution is -2.44. The SMILES string of the molecule is CC(C)(C)OC(=O)N1CC=CCC1c1cncc(N2CC3CC2CN3)c1. The lowest BCUT2D eigenvalue weighted by atomic mass is 10.0. The molecule has 0 saturated carbocycles. The molecule has 3 aliphatic heterocycles. The molecule has 26 heavy (non-hydrogen) atoms. The zero-order valence-corrected chi connectivity index (χ0v) is 15.8. The Labute approximate surface area is 155 Å². The number of carbonyl (C=O) groups is 1. The third-order valence-corrected chi connectivity index (χ3v) is 5.35. The fraction of sp³-hybridized carbons (Fsp3) is 0.600. The van der Waals surface area contributed by atoms with Crippen molar-refractivity contribution in [2.24, 2.45) is 0 Å². The third kappa shape index (κ3) is 3.43. The molecular weight excluding hydrogens is 328 g/mol. The van der Waals surface area contributed by atoms with Crippen LogP contribution < -0.4 is 10.2 Å². The Bertz CT molecular complexity index is 712. The molecule has 0 radical (unpaired) electrons. The molecule has 0 aromatic carbocycles. The van der Waals surface area contributed by atoms with Crippen LogP contribution in [0.4, 0.5) is 10.5 Å². The number of nitrogens with one attached hydrogen (secondary N) is 1. The van der Waals surface area contributed by atoms with Gasteiger partial charge in [0.1, 0.15) is 5.60 Å². The number of nitrogens with zero attached hydrogens (tertiary/aromatic N) is 3. The van der Waals surface area contributed by atoms with E-state index in [4.69, 9.17) is 4.74 Å². The van der Waals surface area contributed by atoms with Crippen LogP contribution in [0.2, 0.25) is 0 Å². The van der Waals surface area contributed by atoms with Crippen molar-refractivity contribution in [2.75, 3.05) is 24.5 Å². The second-order valence-electron chi connectivity index (χ2n) is 8.48. The van der Waals surface area contributed by atoms with Crippen LogP contribution in [0.3, 0.4) is 0 Å². The summed E-state index contributed by atoms with van der Waals surface area (Å²) in [5.74, 6) is 0. The predicted octanol–water partition coefficient (Wildman–Crippen LogP) is 2.87. The van der Waals surface area contributed by atoms with E-state index in [2.05, 4.69) is 27.3 Å². The molecule has 1 aromatic heterocycles. The predicted molar refractivity (Wildman–Crippen MR) is 101 cm³/mol. The van der Waals surface area contributed by atoms with E-state index in [9.17, 15) is 4.79 Å². The molecule has 2 fully saturated rings. The minimum Gasteiger partial charge on any atom is -0.444 e. The normalized spacial score (nSPS) is 27.9. The molecule has 140 valence electrons. The fourth-order valence-corrected chi connectivity index (χ4v) is 4.17. The first-order chi connectivity index (χ1) is 12.4. The highest BCUT2D eigenvalue weighted by molar-refractivity contribution is 5.69. The van der Waals surface area contributed by atoms with Gasteiger partial charge in [-0.05, 0) is 45.2 Å². The highest BCUT2D eigenvalue weighted by Crippen LogP contribution is 2.34. The van der Waals surface area contributed by atoms with Gasteiger partial charge in [0, 0.05) is 37.9 Å². The molecule has 1 amide bonds.